The summed E-state index contributed by atoms with van der Waals surface area (Å²) in [5.74, 6) is 1.02. The number of carbonyl (C=O) groups excluding carboxylic acids is 1. The lowest BCUT2D eigenvalue weighted by molar-refractivity contribution is -0.155. The Morgan fingerprint density at radius 2 is 1.96 bits per heavy atom. The number of allylic oxidation sites excluding steroid dienone is 1. The van der Waals surface area contributed by atoms with Crippen molar-refractivity contribution in [1.29, 1.82) is 0 Å². The van der Waals surface area contributed by atoms with Crippen LogP contribution in [-0.2, 0) is 19.0 Å². The van der Waals surface area contributed by atoms with Crippen LogP contribution >= 0.6 is 0 Å². The second kappa shape index (κ2) is 10.5. The van der Waals surface area contributed by atoms with E-state index < -0.39 is 6.29 Å². The van der Waals surface area contributed by atoms with Crippen LogP contribution in [0.2, 0.25) is 0 Å². The molecular weight excluding hydrogens is 362 g/mol. The SMILES string of the molecule is COc1ccc([C@H]2C=C(C(=O)N3CCOCC3)O[C@@H](OCCCCO)C2)cc1. The molecule has 7 nitrogen and oxygen atoms in total. The number of aliphatic hydroxyl groups excluding tert-OH is 1. The molecule has 7 heteroatoms. The summed E-state index contributed by atoms with van der Waals surface area (Å²) in [5.41, 5.74) is 1.08. The Hall–Kier alpha value is -2.09. The Morgan fingerprint density at radius 3 is 2.64 bits per heavy atom. The first-order valence-corrected chi connectivity index (χ1v) is 9.83. The standard InChI is InChI=1S/C21H29NO6/c1-25-18-6-4-16(5-7-18)17-14-19(21(24)22-8-12-26-13-9-22)28-20(15-17)27-11-3-2-10-23/h4-7,14,17,20,23H,2-3,8-13,15H2,1H3/t17-,20+/m0/s1. The summed E-state index contributed by atoms with van der Waals surface area (Å²) in [7, 11) is 1.64. The summed E-state index contributed by atoms with van der Waals surface area (Å²) in [6.07, 6.45) is 3.47. The Kier molecular flexibility index (Phi) is 7.71. The molecule has 1 amide bonds. The van der Waals surface area contributed by atoms with Gasteiger partial charge in [-0.3, -0.25) is 4.79 Å². The van der Waals surface area contributed by atoms with Gasteiger partial charge in [0.05, 0.1) is 26.9 Å². The maximum atomic E-state index is 12.9. The molecular formula is C21H29NO6. The van der Waals surface area contributed by atoms with E-state index in [1.54, 1.807) is 12.0 Å². The van der Waals surface area contributed by atoms with Gasteiger partial charge in [0.15, 0.2) is 5.76 Å². The summed E-state index contributed by atoms with van der Waals surface area (Å²) in [6, 6.07) is 7.84. The van der Waals surface area contributed by atoms with Crippen molar-refractivity contribution in [3.63, 3.8) is 0 Å². The second-order valence-corrected chi connectivity index (χ2v) is 6.90. The van der Waals surface area contributed by atoms with Crippen LogP contribution in [0.15, 0.2) is 36.1 Å². The molecule has 0 bridgehead atoms. The molecule has 0 radical (unpaired) electrons. The number of rotatable bonds is 8. The number of nitrogens with zero attached hydrogens (tertiary/aromatic N) is 1. The van der Waals surface area contributed by atoms with Gasteiger partial charge < -0.3 is 29.0 Å². The normalized spacial score (nSPS) is 22.4. The molecule has 1 fully saturated rings. The number of benzene rings is 1. The molecule has 2 heterocycles. The van der Waals surface area contributed by atoms with Gasteiger partial charge in [0.1, 0.15) is 5.75 Å². The fourth-order valence-corrected chi connectivity index (χ4v) is 3.35. The lowest BCUT2D eigenvalue weighted by Crippen LogP contribution is -2.43. The van der Waals surface area contributed by atoms with Crippen molar-refractivity contribution in [3.8, 4) is 5.75 Å². The smallest absolute Gasteiger partial charge is 0.288 e. The monoisotopic (exact) mass is 391 g/mol. The predicted molar refractivity (Wildman–Crippen MR) is 103 cm³/mol. The van der Waals surface area contributed by atoms with Crippen molar-refractivity contribution in [2.24, 2.45) is 0 Å². The highest BCUT2D eigenvalue weighted by Gasteiger charge is 2.31. The highest BCUT2D eigenvalue weighted by Crippen LogP contribution is 2.33. The van der Waals surface area contributed by atoms with Crippen molar-refractivity contribution >= 4 is 5.91 Å². The molecule has 0 saturated carbocycles. The lowest BCUT2D eigenvalue weighted by Gasteiger charge is -2.33. The van der Waals surface area contributed by atoms with Crippen molar-refractivity contribution in [1.82, 2.24) is 4.90 Å². The van der Waals surface area contributed by atoms with Crippen LogP contribution in [0.4, 0.5) is 0 Å². The van der Waals surface area contributed by atoms with Crippen LogP contribution in [-0.4, -0.2) is 68.8 Å². The molecule has 1 aromatic rings. The number of carbonyl (C=O) groups is 1. The van der Waals surface area contributed by atoms with Crippen molar-refractivity contribution in [2.45, 2.75) is 31.5 Å². The number of morpholine rings is 1. The third kappa shape index (κ3) is 5.47. The van der Waals surface area contributed by atoms with E-state index >= 15 is 0 Å². The highest BCUT2D eigenvalue weighted by molar-refractivity contribution is 5.91. The second-order valence-electron chi connectivity index (χ2n) is 6.90. The molecule has 28 heavy (non-hydrogen) atoms. The van der Waals surface area contributed by atoms with Crippen LogP contribution in [0.1, 0.15) is 30.7 Å². The average Bonchev–Trinajstić information content (AvgIpc) is 2.76. The van der Waals surface area contributed by atoms with Crippen molar-refractivity contribution in [2.75, 3.05) is 46.6 Å². The van der Waals surface area contributed by atoms with Crippen LogP contribution in [0.25, 0.3) is 0 Å². The molecule has 0 unspecified atom stereocenters. The van der Waals surface area contributed by atoms with Gasteiger partial charge in [-0.2, -0.15) is 0 Å². The maximum absolute atomic E-state index is 12.9. The molecule has 2 aliphatic heterocycles. The van der Waals surface area contributed by atoms with Crippen LogP contribution < -0.4 is 4.74 Å². The van der Waals surface area contributed by atoms with E-state index in [0.29, 0.717) is 51.5 Å². The summed E-state index contributed by atoms with van der Waals surface area (Å²) < 4.78 is 22.3. The van der Waals surface area contributed by atoms with E-state index in [4.69, 9.17) is 24.1 Å². The molecule has 3 rings (SSSR count). The fraction of sp³-hybridized carbons (Fsp3) is 0.571. The first-order valence-electron chi connectivity index (χ1n) is 9.83. The van der Waals surface area contributed by atoms with E-state index in [0.717, 1.165) is 17.7 Å². The molecule has 154 valence electrons. The van der Waals surface area contributed by atoms with Gasteiger partial charge in [-0.25, -0.2) is 0 Å². The maximum Gasteiger partial charge on any atom is 0.288 e. The Balaban J connectivity index is 1.74. The number of methoxy groups -OCH3 is 1. The Labute approximate surface area is 165 Å². The van der Waals surface area contributed by atoms with Gasteiger partial charge >= 0.3 is 0 Å². The van der Waals surface area contributed by atoms with Crippen LogP contribution in [0, 0.1) is 0 Å². The topological polar surface area (TPSA) is 77.5 Å². The molecule has 1 N–H and O–H groups in total. The predicted octanol–water partition coefficient (Wildman–Crippen LogP) is 2.06. The number of hydrogen-bond acceptors (Lipinski definition) is 6. The van der Waals surface area contributed by atoms with E-state index in [9.17, 15) is 4.79 Å². The molecule has 1 aromatic carbocycles. The summed E-state index contributed by atoms with van der Waals surface area (Å²) in [6.45, 7) is 2.84. The zero-order valence-corrected chi connectivity index (χ0v) is 16.3. The number of amides is 1. The quantitative estimate of drug-likeness (QED) is 0.684. The molecule has 1 saturated heterocycles. The molecule has 2 atom stereocenters. The third-order valence-corrected chi connectivity index (χ3v) is 4.97. The van der Waals surface area contributed by atoms with E-state index in [1.165, 1.54) is 0 Å². The summed E-state index contributed by atoms with van der Waals surface area (Å²) in [4.78, 5) is 14.7. The van der Waals surface area contributed by atoms with Crippen LogP contribution in [0.3, 0.4) is 0 Å². The van der Waals surface area contributed by atoms with Gasteiger partial charge in [0.25, 0.3) is 5.91 Å². The number of unbranched alkanes of at least 4 members (excludes halogenated alkanes) is 1. The number of aliphatic hydroxyl groups is 1. The highest BCUT2D eigenvalue weighted by atomic mass is 16.7. The zero-order valence-electron chi connectivity index (χ0n) is 16.3. The van der Waals surface area contributed by atoms with Gasteiger partial charge in [-0.1, -0.05) is 12.1 Å². The largest absolute Gasteiger partial charge is 0.497 e. The third-order valence-electron chi connectivity index (χ3n) is 4.97. The molecule has 0 aliphatic carbocycles. The number of ether oxygens (including phenoxy) is 4. The summed E-state index contributed by atoms with van der Waals surface area (Å²) >= 11 is 0. The first kappa shape index (κ1) is 20.6. The minimum atomic E-state index is -0.490. The molecule has 2 aliphatic rings. The van der Waals surface area contributed by atoms with E-state index in [2.05, 4.69) is 0 Å². The van der Waals surface area contributed by atoms with Gasteiger partial charge in [0.2, 0.25) is 6.29 Å². The zero-order chi connectivity index (χ0) is 19.8. The van der Waals surface area contributed by atoms with Gasteiger partial charge in [-0.15, -0.1) is 0 Å². The van der Waals surface area contributed by atoms with Gasteiger partial charge in [0, 0.05) is 32.0 Å². The first-order chi connectivity index (χ1) is 13.7. The van der Waals surface area contributed by atoms with Gasteiger partial charge in [-0.05, 0) is 36.6 Å². The average molecular weight is 391 g/mol. The minimum Gasteiger partial charge on any atom is -0.497 e. The van der Waals surface area contributed by atoms with E-state index in [1.807, 2.05) is 30.3 Å². The lowest BCUT2D eigenvalue weighted by atomic mass is 9.92. The molecule has 0 spiro atoms. The molecule has 0 aromatic heterocycles. The Morgan fingerprint density at radius 1 is 1.21 bits per heavy atom. The van der Waals surface area contributed by atoms with Crippen molar-refractivity contribution in [3.05, 3.63) is 41.7 Å². The van der Waals surface area contributed by atoms with Crippen LogP contribution in [0.5, 0.6) is 5.75 Å². The van der Waals surface area contributed by atoms with E-state index in [-0.39, 0.29) is 18.4 Å². The van der Waals surface area contributed by atoms with Crippen molar-refractivity contribution < 1.29 is 28.8 Å². The number of hydrogen-bond donors (Lipinski definition) is 1. The minimum absolute atomic E-state index is 0.0162. The Bertz CT molecular complexity index is 653. The summed E-state index contributed by atoms with van der Waals surface area (Å²) in [5, 5.41) is 8.93. The fourth-order valence-electron chi connectivity index (χ4n) is 3.35.